The van der Waals surface area contributed by atoms with E-state index in [2.05, 4.69) is 0 Å². The summed E-state index contributed by atoms with van der Waals surface area (Å²) in [6, 6.07) is 7.36. The smallest absolute Gasteiger partial charge is 0.320 e. The summed E-state index contributed by atoms with van der Waals surface area (Å²) in [4.78, 5) is 37.1. The van der Waals surface area contributed by atoms with Crippen LogP contribution in [0.5, 0.6) is 5.75 Å². The quantitative estimate of drug-likeness (QED) is 0.539. The minimum Gasteiger partial charge on any atom is -0.497 e. The van der Waals surface area contributed by atoms with Crippen molar-refractivity contribution in [1.29, 1.82) is 0 Å². The molecule has 0 aromatic heterocycles. The molecular weight excluding hydrogens is 348 g/mol. The van der Waals surface area contributed by atoms with Crippen molar-refractivity contribution in [1.82, 2.24) is 0 Å². The van der Waals surface area contributed by atoms with E-state index in [4.69, 9.17) is 14.2 Å². The highest BCUT2D eigenvalue weighted by Gasteiger charge is 2.42. The van der Waals surface area contributed by atoms with Crippen LogP contribution in [0.2, 0.25) is 0 Å². The summed E-state index contributed by atoms with van der Waals surface area (Å²) < 4.78 is 14.8. The molecule has 6 heteroatoms. The van der Waals surface area contributed by atoms with Crippen LogP contribution in [0.3, 0.4) is 0 Å². The average Bonchev–Trinajstić information content (AvgIpc) is 2.71. The Labute approximate surface area is 159 Å². The fourth-order valence-electron chi connectivity index (χ4n) is 3.50. The van der Waals surface area contributed by atoms with Gasteiger partial charge in [0, 0.05) is 18.3 Å². The van der Waals surface area contributed by atoms with Crippen LogP contribution in [-0.2, 0) is 23.9 Å². The van der Waals surface area contributed by atoms with Crippen LogP contribution < -0.4 is 4.74 Å². The fourth-order valence-corrected chi connectivity index (χ4v) is 3.50. The van der Waals surface area contributed by atoms with Crippen molar-refractivity contribution in [3.8, 4) is 5.75 Å². The molecule has 0 radical (unpaired) electrons. The molecule has 1 aliphatic carbocycles. The first-order valence-corrected chi connectivity index (χ1v) is 9.02. The number of benzene rings is 1. The molecule has 0 bridgehead atoms. The van der Waals surface area contributed by atoms with Gasteiger partial charge < -0.3 is 14.2 Å². The van der Waals surface area contributed by atoms with Crippen molar-refractivity contribution in [2.24, 2.45) is 17.8 Å². The second-order valence-electron chi connectivity index (χ2n) is 6.55. The van der Waals surface area contributed by atoms with Gasteiger partial charge in [-0.25, -0.2) is 0 Å². The van der Waals surface area contributed by atoms with Gasteiger partial charge in [-0.05, 0) is 30.5 Å². The molecule has 2 atom stereocenters. The highest BCUT2D eigenvalue weighted by molar-refractivity contribution is 5.96. The molecule has 6 nitrogen and oxygen atoms in total. The number of allylic oxidation sites excluding steroid dienone is 1. The predicted molar refractivity (Wildman–Crippen MR) is 100 cm³/mol. The Hall–Kier alpha value is -2.63. The lowest BCUT2D eigenvalue weighted by molar-refractivity contribution is -0.162. The number of carbonyl (C=O) groups excluding carboxylic acids is 3. The van der Waals surface area contributed by atoms with Crippen molar-refractivity contribution >= 4 is 23.8 Å². The summed E-state index contributed by atoms with van der Waals surface area (Å²) in [7, 11) is 4.04. The third-order valence-corrected chi connectivity index (χ3v) is 4.99. The number of carbonyl (C=O) groups is 3. The van der Waals surface area contributed by atoms with Gasteiger partial charge in [0.05, 0.1) is 21.3 Å². The van der Waals surface area contributed by atoms with Crippen LogP contribution in [0.1, 0.15) is 31.2 Å². The third kappa shape index (κ3) is 5.18. The zero-order valence-corrected chi connectivity index (χ0v) is 16.0. The zero-order valence-electron chi connectivity index (χ0n) is 16.0. The Bertz CT molecular complexity index is 675. The van der Waals surface area contributed by atoms with Crippen molar-refractivity contribution in [3.05, 3.63) is 35.9 Å². The van der Waals surface area contributed by atoms with Gasteiger partial charge in [-0.3, -0.25) is 14.4 Å². The summed E-state index contributed by atoms with van der Waals surface area (Å²) in [5, 5.41) is 0. The largest absolute Gasteiger partial charge is 0.497 e. The molecule has 0 saturated heterocycles. The maximum Gasteiger partial charge on any atom is 0.320 e. The fraction of sp³-hybridized carbons (Fsp3) is 0.476. The van der Waals surface area contributed by atoms with Gasteiger partial charge in [0.25, 0.3) is 0 Å². The Morgan fingerprint density at radius 1 is 1.04 bits per heavy atom. The van der Waals surface area contributed by atoms with Crippen LogP contribution in [-0.4, -0.2) is 39.1 Å². The van der Waals surface area contributed by atoms with Gasteiger partial charge in [-0.1, -0.05) is 30.7 Å². The number of hydrogen-bond donors (Lipinski definition) is 0. The van der Waals surface area contributed by atoms with Crippen molar-refractivity contribution in [2.45, 2.75) is 25.7 Å². The van der Waals surface area contributed by atoms with Crippen LogP contribution in [0, 0.1) is 17.8 Å². The van der Waals surface area contributed by atoms with E-state index in [0.29, 0.717) is 12.8 Å². The molecule has 27 heavy (non-hydrogen) atoms. The third-order valence-electron chi connectivity index (χ3n) is 4.99. The van der Waals surface area contributed by atoms with Crippen molar-refractivity contribution in [3.63, 3.8) is 0 Å². The topological polar surface area (TPSA) is 78.9 Å². The highest BCUT2D eigenvalue weighted by atomic mass is 16.5. The molecule has 0 N–H and O–H groups in total. The van der Waals surface area contributed by atoms with E-state index in [1.807, 2.05) is 30.3 Å². The first kappa shape index (κ1) is 20.7. The lowest BCUT2D eigenvalue weighted by atomic mass is 9.73. The minimum atomic E-state index is -1.17. The molecule has 0 spiro atoms. The molecule has 0 unspecified atom stereocenters. The summed E-state index contributed by atoms with van der Waals surface area (Å²) >= 11 is 0. The highest BCUT2D eigenvalue weighted by Crippen LogP contribution is 2.34. The monoisotopic (exact) mass is 374 g/mol. The lowest BCUT2D eigenvalue weighted by Gasteiger charge is -2.30. The van der Waals surface area contributed by atoms with Gasteiger partial charge >= 0.3 is 11.9 Å². The van der Waals surface area contributed by atoms with E-state index in [1.165, 1.54) is 14.2 Å². The minimum absolute atomic E-state index is 0.0726. The number of esters is 2. The predicted octanol–water partition coefficient (Wildman–Crippen LogP) is 3.05. The molecule has 1 aliphatic rings. The normalized spacial score (nSPS) is 18.4. The van der Waals surface area contributed by atoms with Crippen LogP contribution in [0.4, 0.5) is 0 Å². The zero-order chi connectivity index (χ0) is 19.8. The van der Waals surface area contributed by atoms with E-state index in [0.717, 1.165) is 24.2 Å². The first-order chi connectivity index (χ1) is 13.0. The van der Waals surface area contributed by atoms with Gasteiger partial charge in [-0.2, -0.15) is 0 Å². The second kappa shape index (κ2) is 9.90. The molecule has 2 rings (SSSR count). The van der Waals surface area contributed by atoms with Crippen LogP contribution in [0.25, 0.3) is 6.08 Å². The number of rotatable bonds is 7. The molecule has 1 fully saturated rings. The molecule has 146 valence electrons. The van der Waals surface area contributed by atoms with Gasteiger partial charge in [0.2, 0.25) is 0 Å². The summed E-state index contributed by atoms with van der Waals surface area (Å²) in [6.45, 7) is 0. The van der Waals surface area contributed by atoms with Crippen LogP contribution in [0.15, 0.2) is 30.3 Å². The Morgan fingerprint density at radius 2 is 1.67 bits per heavy atom. The molecule has 1 saturated carbocycles. The van der Waals surface area contributed by atoms with E-state index in [9.17, 15) is 14.4 Å². The van der Waals surface area contributed by atoms with Gasteiger partial charge in [-0.15, -0.1) is 0 Å². The van der Waals surface area contributed by atoms with Gasteiger partial charge in [0.15, 0.2) is 5.92 Å². The Balaban J connectivity index is 2.37. The van der Waals surface area contributed by atoms with Gasteiger partial charge in [0.1, 0.15) is 11.5 Å². The molecular formula is C21H26O6. The molecule has 1 aromatic carbocycles. The van der Waals surface area contributed by atoms with E-state index in [-0.39, 0.29) is 5.78 Å². The maximum atomic E-state index is 12.5. The number of ketones is 1. The molecule has 0 amide bonds. The van der Waals surface area contributed by atoms with E-state index in [1.54, 1.807) is 13.2 Å². The summed E-state index contributed by atoms with van der Waals surface area (Å²) in [6.07, 6.45) is 6.40. The average molecular weight is 374 g/mol. The number of methoxy groups -OCH3 is 3. The SMILES string of the molecule is COC(=O)C(C(=O)OC)[C@@H](/C=C/c1ccc(OC)cc1)[C@@H]1CCCCC1=O. The molecule has 0 aliphatic heterocycles. The van der Waals surface area contributed by atoms with E-state index < -0.39 is 29.7 Å². The van der Waals surface area contributed by atoms with Crippen molar-refractivity contribution < 1.29 is 28.6 Å². The standard InChI is InChI=1S/C21H26O6/c1-25-15-11-8-14(9-12-15)10-13-17(16-6-4-5-7-18(16)22)19(20(23)26-2)21(24)27-3/h8-13,16-17,19H,4-7H2,1-3H3/b13-10+/t16-,17-/m0/s1. The summed E-state index contributed by atoms with van der Waals surface area (Å²) in [5.41, 5.74) is 0.873. The Kier molecular flexibility index (Phi) is 7.58. The lowest BCUT2D eigenvalue weighted by Crippen LogP contribution is -2.39. The number of hydrogen-bond acceptors (Lipinski definition) is 6. The number of Topliss-reactive ketones (excluding diaryl/α,β-unsaturated/α-hetero) is 1. The van der Waals surface area contributed by atoms with Crippen molar-refractivity contribution in [2.75, 3.05) is 21.3 Å². The Morgan fingerprint density at radius 3 is 2.19 bits per heavy atom. The van der Waals surface area contributed by atoms with Crippen LogP contribution >= 0.6 is 0 Å². The molecule has 0 heterocycles. The number of ether oxygens (including phenoxy) is 3. The summed E-state index contributed by atoms with van der Waals surface area (Å²) in [5.74, 6) is -2.76. The second-order valence-corrected chi connectivity index (χ2v) is 6.55. The maximum absolute atomic E-state index is 12.5. The first-order valence-electron chi connectivity index (χ1n) is 9.02. The molecule has 1 aromatic rings. The van der Waals surface area contributed by atoms with E-state index >= 15 is 0 Å².